The summed E-state index contributed by atoms with van der Waals surface area (Å²) in [6, 6.07) is 7.91. The van der Waals surface area contributed by atoms with Gasteiger partial charge < -0.3 is 19.5 Å². The topological polar surface area (TPSA) is 41.9 Å². The van der Waals surface area contributed by atoms with E-state index in [0.717, 1.165) is 18.0 Å². The smallest absolute Gasteiger partial charge is 0.119 e. The van der Waals surface area contributed by atoms with E-state index in [-0.39, 0.29) is 12.0 Å². The molecule has 0 bridgehead atoms. The molecule has 1 aliphatic heterocycles. The first-order valence-electron chi connectivity index (χ1n) is 5.73. The molecule has 0 saturated carbocycles. The molecule has 0 spiro atoms. The van der Waals surface area contributed by atoms with Crippen LogP contribution in [0.2, 0.25) is 0 Å². The Morgan fingerprint density at radius 3 is 2.41 bits per heavy atom. The van der Waals surface area contributed by atoms with Crippen molar-refractivity contribution in [2.75, 3.05) is 45.4 Å². The lowest BCUT2D eigenvalue weighted by atomic mass is 9.86. The molecule has 0 atom stereocenters. The van der Waals surface area contributed by atoms with E-state index in [1.807, 2.05) is 31.3 Å². The van der Waals surface area contributed by atoms with Crippen molar-refractivity contribution in [2.45, 2.75) is 0 Å². The van der Waals surface area contributed by atoms with Crippen molar-refractivity contribution in [1.29, 1.82) is 0 Å². The van der Waals surface area contributed by atoms with Crippen molar-refractivity contribution in [3.05, 3.63) is 24.3 Å². The number of aliphatic hydroxyl groups excluding tert-OH is 1. The number of nitrogens with zero attached hydrogens (tertiary/aromatic N) is 1. The Labute approximate surface area is 102 Å². The largest absolute Gasteiger partial charge is 0.497 e. The highest BCUT2D eigenvalue weighted by molar-refractivity contribution is 5.48. The molecule has 1 aliphatic rings. The van der Waals surface area contributed by atoms with Gasteiger partial charge in [0.05, 0.1) is 32.3 Å². The summed E-state index contributed by atoms with van der Waals surface area (Å²) in [7, 11) is 3.68. The standard InChI is InChI=1S/C13H19NO3/c1-14(7-13(8-15)9-17-10-13)11-3-5-12(16-2)6-4-11/h3-6,15H,7-10H2,1-2H3. The molecule has 1 N–H and O–H groups in total. The lowest BCUT2D eigenvalue weighted by Crippen LogP contribution is -2.52. The Bertz CT molecular complexity index is 354. The Kier molecular flexibility index (Phi) is 3.54. The van der Waals surface area contributed by atoms with Gasteiger partial charge in [0.15, 0.2) is 0 Å². The van der Waals surface area contributed by atoms with Gasteiger partial charge in [0.2, 0.25) is 0 Å². The van der Waals surface area contributed by atoms with Crippen LogP contribution in [0.15, 0.2) is 24.3 Å². The summed E-state index contributed by atoms with van der Waals surface area (Å²) < 4.78 is 10.3. The Balaban J connectivity index is 2.01. The minimum absolute atomic E-state index is 0.0886. The molecule has 2 rings (SSSR count). The molecule has 0 amide bonds. The average Bonchev–Trinajstić information content (AvgIpc) is 2.33. The van der Waals surface area contributed by atoms with Gasteiger partial charge in [-0.2, -0.15) is 0 Å². The van der Waals surface area contributed by atoms with E-state index >= 15 is 0 Å². The van der Waals surface area contributed by atoms with Gasteiger partial charge in [-0.1, -0.05) is 0 Å². The monoisotopic (exact) mass is 237 g/mol. The molecule has 1 fully saturated rings. The van der Waals surface area contributed by atoms with Crippen molar-refractivity contribution in [3.63, 3.8) is 0 Å². The number of aliphatic hydroxyl groups is 1. The maximum absolute atomic E-state index is 9.39. The van der Waals surface area contributed by atoms with Crippen molar-refractivity contribution in [2.24, 2.45) is 5.41 Å². The summed E-state index contributed by atoms with van der Waals surface area (Å²) in [6.45, 7) is 2.26. The zero-order chi connectivity index (χ0) is 12.3. The Morgan fingerprint density at radius 2 is 2.00 bits per heavy atom. The molecule has 0 unspecified atom stereocenters. The van der Waals surface area contributed by atoms with Gasteiger partial charge in [-0.3, -0.25) is 0 Å². The van der Waals surface area contributed by atoms with Crippen molar-refractivity contribution >= 4 is 5.69 Å². The molecular weight excluding hydrogens is 218 g/mol. The number of benzene rings is 1. The van der Waals surface area contributed by atoms with E-state index in [9.17, 15) is 5.11 Å². The van der Waals surface area contributed by atoms with Gasteiger partial charge in [-0.05, 0) is 24.3 Å². The van der Waals surface area contributed by atoms with Crippen LogP contribution < -0.4 is 9.64 Å². The molecule has 0 aromatic heterocycles. The summed E-state index contributed by atoms with van der Waals surface area (Å²) in [5.41, 5.74) is 1.03. The molecule has 1 saturated heterocycles. The van der Waals surface area contributed by atoms with Crippen LogP contribution in [0, 0.1) is 5.41 Å². The van der Waals surface area contributed by atoms with Gasteiger partial charge in [0, 0.05) is 19.3 Å². The lowest BCUT2D eigenvalue weighted by Gasteiger charge is -2.42. The molecule has 94 valence electrons. The number of rotatable bonds is 5. The number of methoxy groups -OCH3 is 1. The molecule has 4 heteroatoms. The van der Waals surface area contributed by atoms with Crippen molar-refractivity contribution < 1.29 is 14.6 Å². The highest BCUT2D eigenvalue weighted by Crippen LogP contribution is 2.29. The third-order valence-corrected chi connectivity index (χ3v) is 3.24. The minimum Gasteiger partial charge on any atom is -0.497 e. The highest BCUT2D eigenvalue weighted by Gasteiger charge is 2.39. The van der Waals surface area contributed by atoms with E-state index in [1.165, 1.54) is 0 Å². The second-order valence-corrected chi connectivity index (χ2v) is 4.71. The molecule has 17 heavy (non-hydrogen) atoms. The fraction of sp³-hybridized carbons (Fsp3) is 0.538. The Morgan fingerprint density at radius 1 is 1.35 bits per heavy atom. The van der Waals surface area contributed by atoms with Gasteiger partial charge in [0.25, 0.3) is 0 Å². The van der Waals surface area contributed by atoms with Gasteiger partial charge >= 0.3 is 0 Å². The van der Waals surface area contributed by atoms with Crippen molar-refractivity contribution in [3.8, 4) is 5.75 Å². The summed E-state index contributed by atoms with van der Waals surface area (Å²) in [6.07, 6.45) is 0. The maximum Gasteiger partial charge on any atom is 0.119 e. The molecule has 1 aromatic rings. The van der Waals surface area contributed by atoms with E-state index in [1.54, 1.807) is 7.11 Å². The van der Waals surface area contributed by atoms with Gasteiger partial charge in [0.1, 0.15) is 5.75 Å². The number of hydrogen-bond acceptors (Lipinski definition) is 4. The molecular formula is C13H19NO3. The van der Waals surface area contributed by atoms with Crippen LogP contribution in [0.1, 0.15) is 0 Å². The van der Waals surface area contributed by atoms with E-state index < -0.39 is 0 Å². The summed E-state index contributed by atoms with van der Waals surface area (Å²) in [5.74, 6) is 0.853. The quantitative estimate of drug-likeness (QED) is 0.834. The molecule has 4 nitrogen and oxygen atoms in total. The zero-order valence-corrected chi connectivity index (χ0v) is 10.3. The summed E-state index contributed by atoms with van der Waals surface area (Å²) >= 11 is 0. The summed E-state index contributed by atoms with van der Waals surface area (Å²) in [5, 5.41) is 9.39. The second kappa shape index (κ2) is 4.94. The summed E-state index contributed by atoms with van der Waals surface area (Å²) in [4.78, 5) is 2.14. The average molecular weight is 237 g/mol. The van der Waals surface area contributed by atoms with E-state index in [4.69, 9.17) is 9.47 Å². The van der Waals surface area contributed by atoms with Gasteiger partial charge in [-0.25, -0.2) is 0 Å². The second-order valence-electron chi connectivity index (χ2n) is 4.71. The Hall–Kier alpha value is -1.26. The fourth-order valence-corrected chi connectivity index (χ4v) is 2.05. The predicted molar refractivity (Wildman–Crippen MR) is 66.6 cm³/mol. The lowest BCUT2D eigenvalue weighted by molar-refractivity contribution is -0.130. The first-order valence-corrected chi connectivity index (χ1v) is 5.73. The van der Waals surface area contributed by atoms with Crippen LogP contribution in [0.4, 0.5) is 5.69 Å². The SMILES string of the molecule is COc1ccc(N(C)CC2(CO)COC2)cc1. The van der Waals surface area contributed by atoms with Crippen LogP contribution in [0.3, 0.4) is 0 Å². The van der Waals surface area contributed by atoms with Crippen LogP contribution >= 0.6 is 0 Å². The number of ether oxygens (including phenoxy) is 2. The fourth-order valence-electron chi connectivity index (χ4n) is 2.05. The highest BCUT2D eigenvalue weighted by atomic mass is 16.5. The normalized spacial score (nSPS) is 17.4. The third-order valence-electron chi connectivity index (χ3n) is 3.24. The van der Waals surface area contributed by atoms with Crippen LogP contribution in [-0.4, -0.2) is 45.6 Å². The zero-order valence-electron chi connectivity index (χ0n) is 10.3. The predicted octanol–water partition coefficient (Wildman–Crippen LogP) is 1.14. The first kappa shape index (κ1) is 12.2. The molecule has 0 radical (unpaired) electrons. The first-order chi connectivity index (χ1) is 8.19. The number of hydrogen-bond donors (Lipinski definition) is 1. The minimum atomic E-state index is -0.0886. The van der Waals surface area contributed by atoms with Crippen LogP contribution in [-0.2, 0) is 4.74 Å². The molecule has 0 aliphatic carbocycles. The van der Waals surface area contributed by atoms with Gasteiger partial charge in [-0.15, -0.1) is 0 Å². The third kappa shape index (κ3) is 2.53. The molecule has 1 aromatic carbocycles. The maximum atomic E-state index is 9.39. The van der Waals surface area contributed by atoms with E-state index in [2.05, 4.69) is 4.90 Å². The molecule has 1 heterocycles. The van der Waals surface area contributed by atoms with Crippen molar-refractivity contribution in [1.82, 2.24) is 0 Å². The van der Waals surface area contributed by atoms with E-state index in [0.29, 0.717) is 13.2 Å². The van der Waals surface area contributed by atoms with Crippen LogP contribution in [0.5, 0.6) is 5.75 Å². The number of anilines is 1. The van der Waals surface area contributed by atoms with Crippen LogP contribution in [0.25, 0.3) is 0 Å².